The van der Waals surface area contributed by atoms with Crippen LogP contribution in [0.15, 0.2) is 63.1 Å². The van der Waals surface area contributed by atoms with Gasteiger partial charge in [0.25, 0.3) is 10.0 Å². The van der Waals surface area contributed by atoms with Gasteiger partial charge in [-0.2, -0.15) is 4.31 Å². The molecule has 0 aliphatic carbocycles. The number of fused-ring (bicyclic) bond motifs is 1. The van der Waals surface area contributed by atoms with Crippen LogP contribution in [0.2, 0.25) is 5.02 Å². The molecule has 0 N–H and O–H groups in total. The lowest BCUT2D eigenvalue weighted by atomic mass is 9.95. The van der Waals surface area contributed by atoms with Gasteiger partial charge in [0.05, 0.1) is 11.9 Å². The summed E-state index contributed by atoms with van der Waals surface area (Å²) in [5, 5.41) is 0.500. The monoisotopic (exact) mass is 516 g/mol. The van der Waals surface area contributed by atoms with Gasteiger partial charge in [0, 0.05) is 61.9 Å². The SMILES string of the molecule is O=C1CN(S(=O)(=O)c2coc3cc(Cl)ccc3c2=O)CCN1CC1CCN(c2ccncc2)CC1. The number of carbonyl (C=O) groups is 1. The standard InChI is InChI=1S/C24H25ClN4O5S/c25-18-1-2-20-21(13-18)34-16-22(24(20)31)35(32,33)29-12-11-28(23(30)15-29)14-17-5-9-27(10-6-17)19-3-7-26-8-4-19/h1-4,7-8,13,16-17H,5-6,9-12,14-15H2. The molecule has 0 bridgehead atoms. The topological polar surface area (TPSA) is 104 Å². The van der Waals surface area contributed by atoms with Gasteiger partial charge < -0.3 is 14.2 Å². The second-order valence-corrected chi connectivity index (χ2v) is 11.2. The van der Waals surface area contributed by atoms with Gasteiger partial charge >= 0.3 is 0 Å². The van der Waals surface area contributed by atoms with Crippen LogP contribution in [-0.4, -0.2) is 67.8 Å². The highest BCUT2D eigenvalue weighted by Gasteiger charge is 2.36. The van der Waals surface area contributed by atoms with Crippen LogP contribution in [0, 0.1) is 5.92 Å². The highest BCUT2D eigenvalue weighted by molar-refractivity contribution is 7.89. The predicted octanol–water partition coefficient (Wildman–Crippen LogP) is 2.59. The third kappa shape index (κ3) is 4.78. The number of sulfonamides is 1. The lowest BCUT2D eigenvalue weighted by Gasteiger charge is -2.38. The van der Waals surface area contributed by atoms with Crippen LogP contribution >= 0.6 is 11.6 Å². The molecule has 2 fully saturated rings. The molecule has 2 aliphatic rings. The van der Waals surface area contributed by atoms with Gasteiger partial charge in [-0.1, -0.05) is 11.6 Å². The maximum absolute atomic E-state index is 13.2. The van der Waals surface area contributed by atoms with Crippen molar-refractivity contribution in [2.75, 3.05) is 44.2 Å². The maximum Gasteiger partial charge on any atom is 0.250 e. The number of hydrogen-bond donors (Lipinski definition) is 0. The Bertz CT molecular complexity index is 1400. The molecule has 5 rings (SSSR count). The zero-order chi connectivity index (χ0) is 24.6. The maximum atomic E-state index is 13.2. The predicted molar refractivity (Wildman–Crippen MR) is 132 cm³/mol. The third-order valence-corrected chi connectivity index (χ3v) is 8.79. The lowest BCUT2D eigenvalue weighted by molar-refractivity contribution is -0.134. The van der Waals surface area contributed by atoms with E-state index in [1.807, 2.05) is 12.1 Å². The van der Waals surface area contributed by atoms with Gasteiger partial charge in [0.1, 0.15) is 11.8 Å². The molecule has 0 spiro atoms. The fourth-order valence-electron chi connectivity index (χ4n) is 4.73. The van der Waals surface area contributed by atoms with Crippen molar-refractivity contribution in [3.8, 4) is 0 Å². The van der Waals surface area contributed by atoms with E-state index in [-0.39, 0.29) is 36.5 Å². The number of aromatic nitrogens is 1. The Balaban J connectivity index is 1.23. The summed E-state index contributed by atoms with van der Waals surface area (Å²) in [5.74, 6) is 0.105. The van der Waals surface area contributed by atoms with E-state index in [9.17, 15) is 18.0 Å². The number of pyridine rings is 1. The minimum Gasteiger partial charge on any atom is -0.463 e. The molecule has 1 amide bonds. The molecule has 35 heavy (non-hydrogen) atoms. The van der Waals surface area contributed by atoms with E-state index in [2.05, 4.69) is 9.88 Å². The molecule has 1 aromatic carbocycles. The van der Waals surface area contributed by atoms with Crippen molar-refractivity contribution in [2.45, 2.75) is 17.7 Å². The Hall–Kier alpha value is -2.95. The first-order chi connectivity index (χ1) is 16.8. The molecule has 2 aromatic heterocycles. The second-order valence-electron chi connectivity index (χ2n) is 8.88. The van der Waals surface area contributed by atoms with Crippen LogP contribution < -0.4 is 10.3 Å². The molecule has 0 saturated carbocycles. The molecule has 3 aromatic rings. The summed E-state index contributed by atoms with van der Waals surface area (Å²) in [5.41, 5.74) is 0.686. The van der Waals surface area contributed by atoms with Crippen molar-refractivity contribution in [3.63, 3.8) is 0 Å². The molecular formula is C24H25ClN4O5S. The van der Waals surface area contributed by atoms with Crippen LogP contribution in [0.1, 0.15) is 12.8 Å². The molecule has 184 valence electrons. The van der Waals surface area contributed by atoms with Crippen molar-refractivity contribution < 1.29 is 17.6 Å². The summed E-state index contributed by atoms with van der Waals surface area (Å²) < 4.78 is 32.8. The number of anilines is 1. The van der Waals surface area contributed by atoms with Gasteiger partial charge in [-0.25, -0.2) is 8.42 Å². The molecule has 2 saturated heterocycles. The zero-order valence-corrected chi connectivity index (χ0v) is 20.5. The number of benzene rings is 1. The third-order valence-electron chi connectivity index (χ3n) is 6.73. The summed E-state index contributed by atoms with van der Waals surface area (Å²) >= 11 is 5.92. The van der Waals surface area contributed by atoms with E-state index in [0.29, 0.717) is 17.5 Å². The van der Waals surface area contributed by atoms with Crippen LogP contribution in [0.3, 0.4) is 0 Å². The minimum atomic E-state index is -4.19. The molecule has 4 heterocycles. The number of amides is 1. The molecule has 2 aliphatic heterocycles. The van der Waals surface area contributed by atoms with E-state index in [1.165, 1.54) is 18.2 Å². The van der Waals surface area contributed by atoms with Crippen molar-refractivity contribution >= 4 is 44.2 Å². The number of rotatable bonds is 5. The number of piperidine rings is 1. The Labute approximate surface area is 207 Å². The average Bonchev–Trinajstić information content (AvgIpc) is 2.86. The van der Waals surface area contributed by atoms with Crippen molar-refractivity contribution in [2.24, 2.45) is 5.92 Å². The Morgan fingerprint density at radius 3 is 2.49 bits per heavy atom. The fourth-order valence-corrected chi connectivity index (χ4v) is 6.28. The van der Waals surface area contributed by atoms with Crippen molar-refractivity contribution in [3.05, 3.63) is 64.2 Å². The number of hydrogen-bond acceptors (Lipinski definition) is 7. The number of nitrogens with zero attached hydrogens (tertiary/aromatic N) is 4. The summed E-state index contributed by atoms with van der Waals surface area (Å²) in [6.45, 7) is 2.53. The van der Waals surface area contributed by atoms with Crippen LogP contribution in [0.4, 0.5) is 5.69 Å². The summed E-state index contributed by atoms with van der Waals surface area (Å²) in [4.78, 5) is 33.4. The largest absolute Gasteiger partial charge is 0.463 e. The summed E-state index contributed by atoms with van der Waals surface area (Å²) in [6.07, 6.45) is 6.41. The summed E-state index contributed by atoms with van der Waals surface area (Å²) in [7, 11) is -4.19. The van der Waals surface area contributed by atoms with Gasteiger partial charge in [-0.05, 0) is 43.0 Å². The molecule has 9 nitrogen and oxygen atoms in total. The smallest absolute Gasteiger partial charge is 0.250 e. The first-order valence-electron chi connectivity index (χ1n) is 11.5. The Kier molecular flexibility index (Phi) is 6.52. The number of carbonyl (C=O) groups excluding carboxylic acids is 1. The van der Waals surface area contributed by atoms with Crippen molar-refractivity contribution in [1.82, 2.24) is 14.2 Å². The van der Waals surface area contributed by atoms with E-state index in [1.54, 1.807) is 17.3 Å². The normalized spacial score (nSPS) is 18.4. The quantitative estimate of drug-likeness (QED) is 0.513. The average molecular weight is 517 g/mol. The molecule has 0 radical (unpaired) electrons. The first-order valence-corrected chi connectivity index (χ1v) is 13.3. The highest BCUT2D eigenvalue weighted by atomic mass is 35.5. The summed E-state index contributed by atoms with van der Waals surface area (Å²) in [6, 6.07) is 8.38. The second kappa shape index (κ2) is 9.60. The van der Waals surface area contributed by atoms with E-state index >= 15 is 0 Å². The van der Waals surface area contributed by atoms with Gasteiger partial charge in [0.15, 0.2) is 4.90 Å². The number of halogens is 1. The van der Waals surface area contributed by atoms with E-state index in [0.717, 1.165) is 42.2 Å². The number of piperazine rings is 1. The Morgan fingerprint density at radius 1 is 1.03 bits per heavy atom. The van der Waals surface area contributed by atoms with Crippen LogP contribution in [0.25, 0.3) is 11.0 Å². The van der Waals surface area contributed by atoms with E-state index < -0.39 is 20.3 Å². The minimum absolute atomic E-state index is 0.124. The molecule has 11 heteroatoms. The molecule has 0 atom stereocenters. The van der Waals surface area contributed by atoms with Gasteiger partial charge in [-0.15, -0.1) is 0 Å². The van der Waals surface area contributed by atoms with Crippen LogP contribution in [-0.2, 0) is 14.8 Å². The van der Waals surface area contributed by atoms with E-state index in [4.69, 9.17) is 16.0 Å². The van der Waals surface area contributed by atoms with Gasteiger partial charge in [0.2, 0.25) is 11.3 Å². The van der Waals surface area contributed by atoms with Crippen molar-refractivity contribution in [1.29, 1.82) is 0 Å². The first kappa shape index (κ1) is 23.8. The lowest BCUT2D eigenvalue weighted by Crippen LogP contribution is -2.54. The highest BCUT2D eigenvalue weighted by Crippen LogP contribution is 2.25. The Morgan fingerprint density at radius 2 is 1.77 bits per heavy atom. The fraction of sp³-hybridized carbons (Fsp3) is 0.375. The van der Waals surface area contributed by atoms with Gasteiger partial charge in [-0.3, -0.25) is 14.6 Å². The van der Waals surface area contributed by atoms with Crippen LogP contribution in [0.5, 0.6) is 0 Å². The molecule has 0 unspecified atom stereocenters. The molecular weight excluding hydrogens is 492 g/mol. The zero-order valence-electron chi connectivity index (χ0n) is 19.0.